The van der Waals surface area contributed by atoms with Crippen LogP contribution in [0.4, 0.5) is 5.69 Å². The number of benzene rings is 1. The molecule has 0 aromatic heterocycles. The highest BCUT2D eigenvalue weighted by molar-refractivity contribution is 5.91. The standard InChI is InChI=1S/C14H17N3O3/c1-15-8-10-16(11-9-15)14(18)7-4-12-2-5-13(6-3-12)17(19)20/h2-7H,8-11H2,1H3/b7-4+. The van der Waals surface area contributed by atoms with Crippen LogP contribution in [0.5, 0.6) is 0 Å². The Morgan fingerprint density at radius 3 is 2.35 bits per heavy atom. The smallest absolute Gasteiger partial charge is 0.269 e. The molecule has 6 heteroatoms. The molecule has 2 rings (SSSR count). The van der Waals surface area contributed by atoms with E-state index in [4.69, 9.17) is 0 Å². The number of carbonyl (C=O) groups is 1. The molecule has 1 heterocycles. The maximum absolute atomic E-state index is 12.0. The van der Waals surface area contributed by atoms with Crippen LogP contribution >= 0.6 is 0 Å². The topological polar surface area (TPSA) is 66.7 Å². The monoisotopic (exact) mass is 275 g/mol. The number of piperazine rings is 1. The quantitative estimate of drug-likeness (QED) is 0.475. The summed E-state index contributed by atoms with van der Waals surface area (Å²) in [5.41, 5.74) is 0.825. The first kappa shape index (κ1) is 14.2. The number of hydrogen-bond donors (Lipinski definition) is 0. The summed E-state index contributed by atoms with van der Waals surface area (Å²) in [6, 6.07) is 6.12. The van der Waals surface area contributed by atoms with Gasteiger partial charge in [-0.2, -0.15) is 0 Å². The maximum atomic E-state index is 12.0. The summed E-state index contributed by atoms with van der Waals surface area (Å²) in [5.74, 6) is -0.0172. The van der Waals surface area contributed by atoms with E-state index in [-0.39, 0.29) is 11.6 Å². The van der Waals surface area contributed by atoms with Crippen LogP contribution in [0, 0.1) is 10.1 Å². The number of non-ortho nitro benzene ring substituents is 1. The third-order valence-corrected chi connectivity index (χ3v) is 3.34. The molecule has 0 unspecified atom stereocenters. The van der Waals surface area contributed by atoms with E-state index in [1.165, 1.54) is 18.2 Å². The fourth-order valence-electron chi connectivity index (χ4n) is 2.01. The zero-order chi connectivity index (χ0) is 14.5. The average molecular weight is 275 g/mol. The van der Waals surface area contributed by atoms with Crippen LogP contribution in [0.3, 0.4) is 0 Å². The minimum Gasteiger partial charge on any atom is -0.337 e. The summed E-state index contributed by atoms with van der Waals surface area (Å²) < 4.78 is 0. The maximum Gasteiger partial charge on any atom is 0.269 e. The number of nitro groups is 1. The Balaban J connectivity index is 1.95. The molecule has 0 radical (unpaired) electrons. The number of carbonyl (C=O) groups excluding carboxylic acids is 1. The normalized spacial score (nSPS) is 16.6. The van der Waals surface area contributed by atoms with E-state index in [0.29, 0.717) is 0 Å². The van der Waals surface area contributed by atoms with Gasteiger partial charge in [0.25, 0.3) is 5.69 Å². The van der Waals surface area contributed by atoms with Gasteiger partial charge < -0.3 is 9.80 Å². The van der Waals surface area contributed by atoms with Crippen molar-refractivity contribution in [2.24, 2.45) is 0 Å². The van der Waals surface area contributed by atoms with Gasteiger partial charge in [-0.05, 0) is 30.8 Å². The van der Waals surface area contributed by atoms with Crippen molar-refractivity contribution >= 4 is 17.7 Å². The van der Waals surface area contributed by atoms with Crippen LogP contribution in [-0.2, 0) is 4.79 Å². The first-order chi connectivity index (χ1) is 9.56. The summed E-state index contributed by atoms with van der Waals surface area (Å²) in [6.45, 7) is 3.24. The molecule has 6 nitrogen and oxygen atoms in total. The molecule has 0 bridgehead atoms. The number of nitro benzene ring substituents is 1. The van der Waals surface area contributed by atoms with Gasteiger partial charge in [-0.25, -0.2) is 0 Å². The Morgan fingerprint density at radius 2 is 1.80 bits per heavy atom. The van der Waals surface area contributed by atoms with Crippen LogP contribution in [0.1, 0.15) is 5.56 Å². The Labute approximate surface area is 117 Å². The summed E-state index contributed by atoms with van der Waals surface area (Å²) in [7, 11) is 2.04. The van der Waals surface area contributed by atoms with E-state index in [1.807, 2.05) is 11.9 Å². The molecule has 1 fully saturated rings. The molecule has 20 heavy (non-hydrogen) atoms. The highest BCUT2D eigenvalue weighted by Crippen LogP contribution is 2.13. The second-order valence-electron chi connectivity index (χ2n) is 4.81. The third kappa shape index (κ3) is 3.64. The van der Waals surface area contributed by atoms with Gasteiger partial charge >= 0.3 is 0 Å². The largest absolute Gasteiger partial charge is 0.337 e. The number of amides is 1. The van der Waals surface area contributed by atoms with Crippen molar-refractivity contribution in [3.8, 4) is 0 Å². The van der Waals surface area contributed by atoms with Gasteiger partial charge in [0.05, 0.1) is 4.92 Å². The summed E-state index contributed by atoms with van der Waals surface area (Å²) in [6.07, 6.45) is 3.21. The predicted molar refractivity (Wildman–Crippen MR) is 76.2 cm³/mol. The molecular weight excluding hydrogens is 258 g/mol. The Bertz CT molecular complexity index is 517. The molecule has 0 spiro atoms. The SMILES string of the molecule is CN1CCN(C(=O)/C=C/c2ccc([N+](=O)[O-])cc2)CC1. The molecular formula is C14H17N3O3. The Morgan fingerprint density at radius 1 is 1.20 bits per heavy atom. The van der Waals surface area contributed by atoms with Crippen LogP contribution in [-0.4, -0.2) is 53.9 Å². The van der Waals surface area contributed by atoms with Crippen molar-refractivity contribution in [3.63, 3.8) is 0 Å². The van der Waals surface area contributed by atoms with Crippen LogP contribution < -0.4 is 0 Å². The molecule has 106 valence electrons. The van der Waals surface area contributed by atoms with Gasteiger partial charge in [0.1, 0.15) is 0 Å². The highest BCUT2D eigenvalue weighted by Gasteiger charge is 2.16. The lowest BCUT2D eigenvalue weighted by Gasteiger charge is -2.31. The Hall–Kier alpha value is -2.21. The number of hydrogen-bond acceptors (Lipinski definition) is 4. The lowest BCUT2D eigenvalue weighted by Crippen LogP contribution is -2.46. The molecule has 1 amide bonds. The second-order valence-corrected chi connectivity index (χ2v) is 4.81. The van der Waals surface area contributed by atoms with Crippen molar-refractivity contribution < 1.29 is 9.72 Å². The van der Waals surface area contributed by atoms with Gasteiger partial charge in [-0.3, -0.25) is 14.9 Å². The molecule has 1 aromatic carbocycles. The van der Waals surface area contributed by atoms with E-state index < -0.39 is 4.92 Å². The van der Waals surface area contributed by atoms with Crippen molar-refractivity contribution in [1.29, 1.82) is 0 Å². The van der Waals surface area contributed by atoms with Gasteiger partial charge in [0.2, 0.25) is 5.91 Å². The van der Waals surface area contributed by atoms with Gasteiger partial charge in [0, 0.05) is 44.4 Å². The fraction of sp³-hybridized carbons (Fsp3) is 0.357. The number of nitrogens with zero attached hydrogens (tertiary/aromatic N) is 3. The van der Waals surface area contributed by atoms with Crippen molar-refractivity contribution in [2.45, 2.75) is 0 Å². The van der Waals surface area contributed by atoms with Crippen molar-refractivity contribution in [3.05, 3.63) is 46.0 Å². The van der Waals surface area contributed by atoms with E-state index in [0.717, 1.165) is 31.7 Å². The number of likely N-dealkylation sites (N-methyl/N-ethyl adjacent to an activating group) is 1. The molecule has 0 atom stereocenters. The molecule has 1 saturated heterocycles. The van der Waals surface area contributed by atoms with Crippen molar-refractivity contribution in [2.75, 3.05) is 33.2 Å². The average Bonchev–Trinajstić information content (AvgIpc) is 2.46. The van der Waals surface area contributed by atoms with E-state index in [9.17, 15) is 14.9 Å². The lowest BCUT2D eigenvalue weighted by molar-refractivity contribution is -0.384. The molecule has 1 aromatic rings. The number of rotatable bonds is 3. The van der Waals surface area contributed by atoms with Crippen LogP contribution in [0.25, 0.3) is 6.08 Å². The molecule has 0 N–H and O–H groups in total. The second kappa shape index (κ2) is 6.29. The van der Waals surface area contributed by atoms with Gasteiger partial charge in [-0.15, -0.1) is 0 Å². The fourth-order valence-corrected chi connectivity index (χ4v) is 2.01. The predicted octanol–water partition coefficient (Wildman–Crippen LogP) is 1.38. The zero-order valence-electron chi connectivity index (χ0n) is 11.4. The molecule has 0 saturated carbocycles. The minimum absolute atomic E-state index is 0.0172. The minimum atomic E-state index is -0.442. The van der Waals surface area contributed by atoms with Crippen molar-refractivity contribution in [1.82, 2.24) is 9.80 Å². The zero-order valence-corrected chi connectivity index (χ0v) is 11.4. The van der Waals surface area contributed by atoms with Gasteiger partial charge in [-0.1, -0.05) is 0 Å². The third-order valence-electron chi connectivity index (χ3n) is 3.34. The molecule has 0 aliphatic carbocycles. The van der Waals surface area contributed by atoms with Gasteiger partial charge in [0.15, 0.2) is 0 Å². The summed E-state index contributed by atoms with van der Waals surface area (Å²) in [4.78, 5) is 26.0. The Kier molecular flexibility index (Phi) is 4.47. The first-order valence-corrected chi connectivity index (χ1v) is 6.46. The lowest BCUT2D eigenvalue weighted by atomic mass is 10.2. The first-order valence-electron chi connectivity index (χ1n) is 6.46. The molecule has 1 aliphatic rings. The van der Waals surface area contributed by atoms with E-state index in [2.05, 4.69) is 4.90 Å². The highest BCUT2D eigenvalue weighted by atomic mass is 16.6. The van der Waals surface area contributed by atoms with E-state index >= 15 is 0 Å². The summed E-state index contributed by atoms with van der Waals surface area (Å²) >= 11 is 0. The van der Waals surface area contributed by atoms with Crippen LogP contribution in [0.2, 0.25) is 0 Å². The van der Waals surface area contributed by atoms with E-state index in [1.54, 1.807) is 18.2 Å². The van der Waals surface area contributed by atoms with Crippen LogP contribution in [0.15, 0.2) is 30.3 Å². The molecule has 1 aliphatic heterocycles. The summed E-state index contributed by atoms with van der Waals surface area (Å²) in [5, 5.41) is 10.5.